The maximum atomic E-state index is 12.3. The summed E-state index contributed by atoms with van der Waals surface area (Å²) in [5, 5.41) is 10.9. The quantitative estimate of drug-likeness (QED) is 0.615. The Balaban J connectivity index is 2.13. The number of nitrogens with zero attached hydrogens (tertiary/aromatic N) is 3. The molecule has 0 spiro atoms. The number of hydrogen-bond acceptors (Lipinski definition) is 6. The largest absolute Gasteiger partial charge is 0.494 e. The van der Waals surface area contributed by atoms with E-state index in [9.17, 15) is 14.9 Å². The highest BCUT2D eigenvalue weighted by Crippen LogP contribution is 2.33. The van der Waals surface area contributed by atoms with Gasteiger partial charge in [-0.15, -0.1) is 0 Å². The van der Waals surface area contributed by atoms with E-state index in [1.807, 2.05) is 27.7 Å². The van der Waals surface area contributed by atoms with Crippen molar-refractivity contribution < 1.29 is 19.2 Å². The van der Waals surface area contributed by atoms with Gasteiger partial charge in [0.05, 0.1) is 23.8 Å². The summed E-state index contributed by atoms with van der Waals surface area (Å²) in [5.41, 5.74) is 0.236. The molecule has 2 rings (SSSR count). The van der Waals surface area contributed by atoms with E-state index in [-0.39, 0.29) is 17.8 Å². The number of methoxy groups -OCH3 is 1. The highest BCUT2D eigenvalue weighted by molar-refractivity contribution is 5.70. The Hall–Kier alpha value is -2.51. The first kappa shape index (κ1) is 18.8. The highest BCUT2D eigenvalue weighted by Gasteiger charge is 2.32. The molecule has 0 bridgehead atoms. The molecule has 0 N–H and O–H groups in total. The number of ether oxygens (including phenoxy) is 2. The zero-order chi connectivity index (χ0) is 18.8. The van der Waals surface area contributed by atoms with Crippen LogP contribution < -0.4 is 9.64 Å². The zero-order valence-corrected chi connectivity index (χ0v) is 15.3. The van der Waals surface area contributed by atoms with Gasteiger partial charge >= 0.3 is 6.09 Å². The van der Waals surface area contributed by atoms with Crippen molar-refractivity contribution in [3.05, 3.63) is 28.3 Å². The van der Waals surface area contributed by atoms with Crippen LogP contribution in [0.1, 0.15) is 27.7 Å². The molecule has 138 valence electrons. The number of nitro benzene ring substituents is 1. The molecular formula is C17H25N3O5. The topological polar surface area (TPSA) is 85.2 Å². The lowest BCUT2D eigenvalue weighted by Gasteiger charge is -2.41. The first-order valence-electron chi connectivity index (χ1n) is 8.19. The minimum Gasteiger partial charge on any atom is -0.494 e. The summed E-state index contributed by atoms with van der Waals surface area (Å²) in [7, 11) is 1.49. The third-order valence-electron chi connectivity index (χ3n) is 3.97. The predicted molar refractivity (Wildman–Crippen MR) is 94.3 cm³/mol. The maximum absolute atomic E-state index is 12.3. The Morgan fingerprint density at radius 2 is 2.00 bits per heavy atom. The smallest absolute Gasteiger partial charge is 0.410 e. The van der Waals surface area contributed by atoms with Gasteiger partial charge in [-0.05, 0) is 33.8 Å². The summed E-state index contributed by atoms with van der Waals surface area (Å²) >= 11 is 0. The van der Waals surface area contributed by atoms with Crippen molar-refractivity contribution in [3.63, 3.8) is 0 Å². The molecule has 1 heterocycles. The van der Waals surface area contributed by atoms with Crippen molar-refractivity contribution >= 4 is 17.5 Å². The molecule has 0 aromatic heterocycles. The number of hydrogen-bond donors (Lipinski definition) is 0. The van der Waals surface area contributed by atoms with Crippen molar-refractivity contribution in [1.82, 2.24) is 4.90 Å². The fourth-order valence-electron chi connectivity index (χ4n) is 2.81. The van der Waals surface area contributed by atoms with Crippen LogP contribution in [0.2, 0.25) is 0 Å². The lowest BCUT2D eigenvalue weighted by Crippen LogP contribution is -2.55. The molecule has 1 unspecified atom stereocenters. The van der Waals surface area contributed by atoms with Gasteiger partial charge in [-0.1, -0.05) is 0 Å². The zero-order valence-electron chi connectivity index (χ0n) is 15.3. The van der Waals surface area contributed by atoms with E-state index in [4.69, 9.17) is 9.47 Å². The van der Waals surface area contributed by atoms with Crippen molar-refractivity contribution in [2.75, 3.05) is 31.6 Å². The van der Waals surface area contributed by atoms with Crippen molar-refractivity contribution in [3.8, 4) is 5.75 Å². The number of carbonyl (C=O) groups is 1. The number of benzene rings is 1. The molecule has 1 fully saturated rings. The van der Waals surface area contributed by atoms with Gasteiger partial charge in [0.1, 0.15) is 11.4 Å². The van der Waals surface area contributed by atoms with Crippen LogP contribution >= 0.6 is 0 Å². The van der Waals surface area contributed by atoms with Crippen molar-refractivity contribution in [2.45, 2.75) is 39.3 Å². The second-order valence-corrected chi connectivity index (χ2v) is 7.08. The molecule has 1 aliphatic rings. The van der Waals surface area contributed by atoms with Crippen LogP contribution in [0.5, 0.6) is 5.75 Å². The van der Waals surface area contributed by atoms with E-state index in [1.54, 1.807) is 11.0 Å². The van der Waals surface area contributed by atoms with Crippen LogP contribution in [0.4, 0.5) is 16.2 Å². The molecular weight excluding hydrogens is 326 g/mol. The summed E-state index contributed by atoms with van der Waals surface area (Å²) in [6.07, 6.45) is -0.324. The Labute approximate surface area is 147 Å². The Morgan fingerprint density at radius 3 is 2.52 bits per heavy atom. The third-order valence-corrected chi connectivity index (χ3v) is 3.97. The monoisotopic (exact) mass is 351 g/mol. The molecule has 8 nitrogen and oxygen atoms in total. The summed E-state index contributed by atoms with van der Waals surface area (Å²) in [6.45, 7) is 9.17. The van der Waals surface area contributed by atoms with Gasteiger partial charge in [-0.2, -0.15) is 0 Å². The molecule has 1 aromatic carbocycles. The van der Waals surface area contributed by atoms with Gasteiger partial charge in [-0.25, -0.2) is 4.79 Å². The number of nitro groups is 1. The first-order chi connectivity index (χ1) is 11.6. The Morgan fingerprint density at radius 1 is 1.32 bits per heavy atom. The number of piperazine rings is 1. The third kappa shape index (κ3) is 4.52. The first-order valence-corrected chi connectivity index (χ1v) is 8.19. The average molecular weight is 351 g/mol. The normalized spacial score (nSPS) is 18.0. The standard InChI is InChI=1S/C17H25N3O5/c1-12-11-18(8-9-19(12)16(21)25-17(2,3)4)14-7-6-13(20(22)23)10-15(14)24-5/h6-7,10,12H,8-9,11H2,1-5H3. The van der Waals surface area contributed by atoms with Gasteiger partial charge in [0.2, 0.25) is 0 Å². The van der Waals surface area contributed by atoms with Gasteiger partial charge in [0, 0.05) is 31.7 Å². The molecule has 1 aliphatic heterocycles. The van der Waals surface area contributed by atoms with E-state index in [2.05, 4.69) is 4.90 Å². The predicted octanol–water partition coefficient (Wildman–Crippen LogP) is 3.05. The second kappa shape index (κ2) is 7.16. The fourth-order valence-corrected chi connectivity index (χ4v) is 2.81. The lowest BCUT2D eigenvalue weighted by molar-refractivity contribution is -0.384. The minimum absolute atomic E-state index is 0.0129. The van der Waals surface area contributed by atoms with Gasteiger partial charge < -0.3 is 19.3 Å². The number of anilines is 1. The minimum atomic E-state index is -0.532. The molecule has 1 atom stereocenters. The fraction of sp³-hybridized carbons (Fsp3) is 0.588. The Kier molecular flexibility index (Phi) is 5.39. The van der Waals surface area contributed by atoms with Crippen LogP contribution in [0, 0.1) is 10.1 Å². The molecule has 0 radical (unpaired) electrons. The van der Waals surface area contributed by atoms with Gasteiger partial charge in [-0.3, -0.25) is 10.1 Å². The van der Waals surface area contributed by atoms with Crippen LogP contribution in [0.3, 0.4) is 0 Å². The summed E-state index contributed by atoms with van der Waals surface area (Å²) < 4.78 is 10.8. The van der Waals surface area contributed by atoms with Gasteiger partial charge in [0.25, 0.3) is 5.69 Å². The maximum Gasteiger partial charge on any atom is 0.410 e. The second-order valence-electron chi connectivity index (χ2n) is 7.08. The molecule has 0 saturated carbocycles. The molecule has 1 amide bonds. The molecule has 1 saturated heterocycles. The number of rotatable bonds is 3. The van der Waals surface area contributed by atoms with Crippen molar-refractivity contribution in [1.29, 1.82) is 0 Å². The van der Waals surface area contributed by atoms with E-state index >= 15 is 0 Å². The van der Waals surface area contributed by atoms with Crippen LogP contribution in [-0.4, -0.2) is 54.3 Å². The van der Waals surface area contributed by atoms with Crippen molar-refractivity contribution in [2.24, 2.45) is 0 Å². The van der Waals surface area contributed by atoms with E-state index < -0.39 is 10.5 Å². The summed E-state index contributed by atoms with van der Waals surface area (Å²) in [6, 6.07) is 4.51. The lowest BCUT2D eigenvalue weighted by atomic mass is 10.1. The molecule has 25 heavy (non-hydrogen) atoms. The van der Waals surface area contributed by atoms with Crippen LogP contribution in [-0.2, 0) is 4.74 Å². The van der Waals surface area contributed by atoms with E-state index in [0.29, 0.717) is 25.4 Å². The van der Waals surface area contributed by atoms with Crippen LogP contribution in [0.25, 0.3) is 0 Å². The Bertz CT molecular complexity index is 656. The van der Waals surface area contributed by atoms with Crippen LogP contribution in [0.15, 0.2) is 18.2 Å². The molecule has 8 heteroatoms. The van der Waals surface area contributed by atoms with Gasteiger partial charge in [0.15, 0.2) is 0 Å². The molecule has 1 aromatic rings. The van der Waals surface area contributed by atoms with E-state index in [1.165, 1.54) is 19.2 Å². The SMILES string of the molecule is COc1cc([N+](=O)[O-])ccc1N1CCN(C(=O)OC(C)(C)C)C(C)C1. The summed E-state index contributed by atoms with van der Waals surface area (Å²) in [5.74, 6) is 0.451. The number of carbonyl (C=O) groups excluding carboxylic acids is 1. The molecule has 0 aliphatic carbocycles. The number of non-ortho nitro benzene ring substituents is 1. The average Bonchev–Trinajstić information content (AvgIpc) is 2.52. The number of amides is 1. The van der Waals surface area contributed by atoms with E-state index in [0.717, 1.165) is 5.69 Å². The summed E-state index contributed by atoms with van der Waals surface area (Å²) in [4.78, 5) is 26.5. The highest BCUT2D eigenvalue weighted by atomic mass is 16.6.